The number of H-pyrrole nitrogens is 1. The summed E-state index contributed by atoms with van der Waals surface area (Å²) in [5, 5.41) is 0. The second-order valence-corrected chi connectivity index (χ2v) is 20.6. The number of rotatable bonds is 10. The number of unbranched alkanes of at least 4 members (excludes halogenated alkanes) is 2. The van der Waals surface area contributed by atoms with E-state index in [4.69, 9.17) is 38.3 Å². The first kappa shape index (κ1) is 43.4. The Morgan fingerprint density at radius 3 is 2.46 bits per heavy atom. The second kappa shape index (κ2) is 17.9. The van der Waals surface area contributed by atoms with E-state index in [1.165, 1.54) is 17.8 Å². The number of aromatic nitrogens is 8. The fourth-order valence-corrected chi connectivity index (χ4v) is 11.3. The van der Waals surface area contributed by atoms with E-state index in [2.05, 4.69) is 29.9 Å². The summed E-state index contributed by atoms with van der Waals surface area (Å²) in [6.45, 7) is -2.11. The summed E-state index contributed by atoms with van der Waals surface area (Å²) in [7, 11) is -5.23. The van der Waals surface area contributed by atoms with E-state index in [-0.39, 0.29) is 52.1 Å². The molecule has 2 bridgehead atoms. The van der Waals surface area contributed by atoms with Gasteiger partial charge in [0.1, 0.15) is 54.2 Å². The first-order chi connectivity index (χ1) is 29.2. The Morgan fingerprint density at radius 2 is 1.69 bits per heavy atom. The van der Waals surface area contributed by atoms with Crippen LogP contribution in [0.2, 0.25) is 0 Å². The molecule has 4 N–H and O–H groups in total. The lowest BCUT2D eigenvalue weighted by Crippen LogP contribution is -2.36. The Morgan fingerprint density at radius 1 is 0.967 bits per heavy atom. The number of nitrogens with two attached hydrogens (primary N) is 1. The molecule has 7 heterocycles. The van der Waals surface area contributed by atoms with Crippen LogP contribution in [0, 0.1) is 6.92 Å². The van der Waals surface area contributed by atoms with Crippen molar-refractivity contribution in [3.05, 3.63) is 65.0 Å². The molecule has 0 amide bonds. The Bertz CT molecular complexity index is 2550. The number of phosphoric ester groups is 1. The number of alkyl halides is 2. The van der Waals surface area contributed by atoms with E-state index in [1.54, 1.807) is 24.3 Å². The number of benzene rings is 1. The minimum Gasteiger partial charge on any atom is -0.427 e. The summed E-state index contributed by atoms with van der Waals surface area (Å²) >= 11 is 0.817. The van der Waals surface area contributed by atoms with Crippen LogP contribution in [0.25, 0.3) is 22.3 Å². The zero-order valence-corrected chi connectivity index (χ0v) is 35.1. The summed E-state index contributed by atoms with van der Waals surface area (Å²) in [6.07, 6.45) is -8.26. The first-order valence-corrected chi connectivity index (χ1v) is 24.0. The van der Waals surface area contributed by atoms with E-state index < -0.39 is 88.7 Å². The highest BCUT2D eigenvalue weighted by molar-refractivity contribution is 8.56. The molecule has 21 nitrogen and oxygen atoms in total. The average molecular weight is 912 g/mol. The van der Waals surface area contributed by atoms with Crippen molar-refractivity contribution in [2.75, 3.05) is 25.3 Å². The molecule has 0 saturated carbocycles. The predicted molar refractivity (Wildman–Crippen MR) is 212 cm³/mol. The Hall–Kier alpha value is -4.22. The SMILES string of the molecule is CCCCCC(=O)Oc1ccc(CSP2(=O)CO[C@H]3[C@@H](F)[C@H](n4cnc5c(N)ncnc54)O[C@@H]3COP(=O)(O)O[C@@H]3[C@H](F)[C@@H](CO2)O[C@H]3n2cnc3c(=O)[nH]c(C)nc32)cc1. The molecule has 8 rings (SSSR count). The third kappa shape index (κ3) is 9.29. The third-order valence-electron chi connectivity index (χ3n) is 10.1. The fraction of sp³-hybridized carbons (Fsp3) is 0.514. The number of aromatic amines is 1. The monoisotopic (exact) mass is 911 g/mol. The number of esters is 1. The van der Waals surface area contributed by atoms with Gasteiger partial charge in [0.25, 0.3) is 12.1 Å². The Labute approximate surface area is 348 Å². The lowest BCUT2D eigenvalue weighted by molar-refractivity contribution is -0.134. The summed E-state index contributed by atoms with van der Waals surface area (Å²) < 4.78 is 104. The maximum Gasteiger partial charge on any atom is 0.472 e. The van der Waals surface area contributed by atoms with Gasteiger partial charge in [0.15, 0.2) is 47.4 Å². The molecule has 3 fully saturated rings. The molecule has 3 aliphatic heterocycles. The van der Waals surface area contributed by atoms with Crippen molar-refractivity contribution >= 4 is 59.9 Å². The lowest BCUT2D eigenvalue weighted by atomic mass is 10.1. The number of fused-ring (bicyclic) bond motifs is 5. The number of hydrogen-bond donors (Lipinski definition) is 3. The molecule has 26 heteroatoms. The van der Waals surface area contributed by atoms with E-state index >= 15 is 8.78 Å². The number of carbonyl (C=O) groups is 1. The van der Waals surface area contributed by atoms with Crippen LogP contribution < -0.4 is 16.0 Å². The quantitative estimate of drug-likeness (QED) is 0.0734. The molecule has 2 unspecified atom stereocenters. The van der Waals surface area contributed by atoms with Gasteiger partial charge in [0.2, 0.25) is 0 Å². The third-order valence-corrected chi connectivity index (χ3v) is 15.2. The summed E-state index contributed by atoms with van der Waals surface area (Å²) in [5.41, 5.74) is 6.06. The number of nitrogen functional groups attached to an aromatic ring is 1. The van der Waals surface area contributed by atoms with Crippen molar-refractivity contribution in [3.63, 3.8) is 0 Å². The highest BCUT2D eigenvalue weighted by atomic mass is 32.7. The number of halogens is 2. The number of nitrogens with one attached hydrogen (secondary N) is 1. The van der Waals surface area contributed by atoms with Gasteiger partial charge in [-0.3, -0.25) is 32.3 Å². The molecule has 61 heavy (non-hydrogen) atoms. The standard InChI is InChI=1S/C35H41F2N9O12P2S/c1-3-4-5-6-23(47)55-20-9-7-19(8-10-20)13-61-59(49)17-52-28-22(57-34(25(28)37)45-15-41-26-30(38)39-14-40-31(26)45)12-54-60(50,51)58-29-24(36)21(11-53-59)56-35(29)46-16-42-27-32(46)43-18(2)44-33(27)48/h7-10,14-16,21-22,24-25,28-29,34-35H,3-6,11-13,17H2,1-2H3,(H,50,51)(H2,38,39,40)(H,43,44,48)/t21-,22-,24-,25-,28-,29-,34-,35-,59?/m1/s1. The molecule has 10 atom stereocenters. The van der Waals surface area contributed by atoms with Crippen LogP contribution in [0.4, 0.5) is 14.6 Å². The van der Waals surface area contributed by atoms with Crippen LogP contribution >= 0.6 is 25.8 Å². The number of imidazole rings is 2. The molecule has 3 saturated heterocycles. The molecular formula is C35H41F2N9O12P2S. The van der Waals surface area contributed by atoms with Gasteiger partial charge in [-0.1, -0.05) is 43.3 Å². The minimum atomic E-state index is -5.23. The van der Waals surface area contributed by atoms with Gasteiger partial charge in [0.05, 0.1) is 25.9 Å². The van der Waals surface area contributed by atoms with Crippen molar-refractivity contribution in [2.45, 2.75) is 94.5 Å². The number of ether oxygens (including phenoxy) is 4. The van der Waals surface area contributed by atoms with Crippen LogP contribution in [0.3, 0.4) is 0 Å². The molecule has 0 aliphatic carbocycles. The van der Waals surface area contributed by atoms with Gasteiger partial charge >= 0.3 is 13.8 Å². The molecule has 328 valence electrons. The zero-order chi connectivity index (χ0) is 43.1. The van der Waals surface area contributed by atoms with Gasteiger partial charge in [-0.05, 0) is 31.0 Å². The number of aryl methyl sites for hydroxylation is 1. The first-order valence-electron chi connectivity index (χ1n) is 19.1. The number of nitrogens with zero attached hydrogens (tertiary/aromatic N) is 7. The summed E-state index contributed by atoms with van der Waals surface area (Å²) in [5.74, 6) is 0.216. The van der Waals surface area contributed by atoms with Crippen LogP contribution in [0.5, 0.6) is 5.75 Å². The Balaban J connectivity index is 1.08. The van der Waals surface area contributed by atoms with Gasteiger partial charge < -0.3 is 39.1 Å². The molecule has 5 aromatic rings. The molecule has 0 spiro atoms. The fourth-order valence-electron chi connectivity index (χ4n) is 7.05. The van der Waals surface area contributed by atoms with Gasteiger partial charge in [-0.25, -0.2) is 38.3 Å². The van der Waals surface area contributed by atoms with E-state index in [0.717, 1.165) is 41.4 Å². The minimum absolute atomic E-state index is 0.0195. The van der Waals surface area contributed by atoms with Crippen molar-refractivity contribution < 1.29 is 60.1 Å². The van der Waals surface area contributed by atoms with Crippen LogP contribution in [0.15, 0.2) is 48.0 Å². The number of carbonyl (C=O) groups excluding carboxylic acids is 1. The van der Waals surface area contributed by atoms with E-state index in [0.29, 0.717) is 17.7 Å². The molecule has 4 aromatic heterocycles. The van der Waals surface area contributed by atoms with Crippen molar-refractivity contribution in [1.82, 2.24) is 39.0 Å². The largest absolute Gasteiger partial charge is 0.472 e. The molecular weight excluding hydrogens is 870 g/mol. The van der Waals surface area contributed by atoms with Gasteiger partial charge in [-0.2, -0.15) is 0 Å². The smallest absolute Gasteiger partial charge is 0.427 e. The lowest BCUT2D eigenvalue weighted by Gasteiger charge is -2.26. The highest BCUT2D eigenvalue weighted by Gasteiger charge is 2.54. The van der Waals surface area contributed by atoms with E-state index in [9.17, 15) is 23.6 Å². The number of anilines is 1. The van der Waals surface area contributed by atoms with Crippen molar-refractivity contribution in [3.8, 4) is 5.75 Å². The normalized spacial score (nSPS) is 31.0. The molecule has 1 aromatic carbocycles. The summed E-state index contributed by atoms with van der Waals surface area (Å²) in [6, 6.07) is 6.51. The predicted octanol–water partition coefficient (Wildman–Crippen LogP) is 4.81. The zero-order valence-electron chi connectivity index (χ0n) is 32.5. The topological polar surface area (TPSA) is 269 Å². The highest BCUT2D eigenvalue weighted by Crippen LogP contribution is 2.62. The van der Waals surface area contributed by atoms with Crippen LogP contribution in [0.1, 0.15) is 56.5 Å². The average Bonchev–Trinajstić information content (AvgIpc) is 3.99. The van der Waals surface area contributed by atoms with Crippen molar-refractivity contribution in [2.24, 2.45) is 0 Å². The maximum atomic E-state index is 16.6. The van der Waals surface area contributed by atoms with Gasteiger partial charge in [-0.15, -0.1) is 0 Å². The molecule has 0 radical (unpaired) electrons. The Kier molecular flexibility index (Phi) is 12.7. The maximum absolute atomic E-state index is 16.6. The number of hydrogen-bond acceptors (Lipinski definition) is 18. The van der Waals surface area contributed by atoms with Crippen LogP contribution in [-0.2, 0) is 47.5 Å². The second-order valence-electron chi connectivity index (χ2n) is 14.4. The summed E-state index contributed by atoms with van der Waals surface area (Å²) in [4.78, 5) is 58.9. The number of phosphoric acid groups is 1. The van der Waals surface area contributed by atoms with Crippen LogP contribution in [-0.4, -0.2) is 106 Å². The van der Waals surface area contributed by atoms with Gasteiger partial charge in [0, 0.05) is 12.2 Å². The van der Waals surface area contributed by atoms with E-state index in [1.807, 2.05) is 6.92 Å². The van der Waals surface area contributed by atoms with Crippen molar-refractivity contribution in [1.29, 1.82) is 0 Å². The molecule has 3 aliphatic rings.